The molecule has 0 aromatic carbocycles. The molecule has 0 fully saturated rings. The highest BCUT2D eigenvalue weighted by Crippen LogP contribution is 1.91. The topological polar surface area (TPSA) is 74.3 Å². The Morgan fingerprint density at radius 2 is 2.00 bits per heavy atom. The number of rotatable bonds is 5. The fourth-order valence-corrected chi connectivity index (χ4v) is 0.937. The molecule has 0 aliphatic rings. The molecule has 0 atom stereocenters. The van der Waals surface area contributed by atoms with Crippen molar-refractivity contribution in [3.05, 3.63) is 0 Å². The summed E-state index contributed by atoms with van der Waals surface area (Å²) in [7, 11) is -3.58. The minimum Gasteiger partial charge on any atom is -0.214 e. The molecule has 4 nitrogen and oxygen atoms in total. The lowest BCUT2D eigenvalue weighted by Crippen LogP contribution is -2.25. The SMILES string of the molecule is CCCCC[N]S(N)(=O)=O. The molecule has 0 amide bonds. The number of hydrogen-bond donors (Lipinski definition) is 1. The van der Waals surface area contributed by atoms with Crippen LogP contribution in [0.15, 0.2) is 0 Å². The Balaban J connectivity index is 3.21. The molecule has 0 heterocycles. The average Bonchev–Trinajstić information content (AvgIpc) is 1.78. The first-order valence-corrected chi connectivity index (χ1v) is 4.78. The molecule has 0 aliphatic heterocycles. The van der Waals surface area contributed by atoms with E-state index in [2.05, 4.69) is 9.86 Å². The summed E-state index contributed by atoms with van der Waals surface area (Å²) in [6.07, 6.45) is 2.85. The molecule has 2 N–H and O–H groups in total. The zero-order valence-electron chi connectivity index (χ0n) is 6.08. The summed E-state index contributed by atoms with van der Waals surface area (Å²) in [5, 5.41) is 4.62. The van der Waals surface area contributed by atoms with E-state index in [-0.39, 0.29) is 0 Å². The second-order valence-electron chi connectivity index (χ2n) is 2.07. The first-order chi connectivity index (χ1) is 4.56. The second kappa shape index (κ2) is 4.65. The minimum atomic E-state index is -3.58. The lowest BCUT2D eigenvalue weighted by Gasteiger charge is -1.96. The van der Waals surface area contributed by atoms with Gasteiger partial charge in [-0.15, -0.1) is 4.72 Å². The molecule has 0 bridgehead atoms. The van der Waals surface area contributed by atoms with E-state index in [9.17, 15) is 8.42 Å². The van der Waals surface area contributed by atoms with Crippen molar-refractivity contribution in [2.45, 2.75) is 26.2 Å². The summed E-state index contributed by atoms with van der Waals surface area (Å²) >= 11 is 0. The Morgan fingerprint density at radius 1 is 1.40 bits per heavy atom. The van der Waals surface area contributed by atoms with Crippen molar-refractivity contribution in [2.75, 3.05) is 6.54 Å². The maximum Gasteiger partial charge on any atom is 0.290 e. The Bertz CT molecular complexity index is 164. The zero-order valence-corrected chi connectivity index (χ0v) is 6.89. The van der Waals surface area contributed by atoms with E-state index in [1.165, 1.54) is 0 Å². The van der Waals surface area contributed by atoms with Gasteiger partial charge in [-0.3, -0.25) is 0 Å². The van der Waals surface area contributed by atoms with E-state index in [0.717, 1.165) is 19.3 Å². The summed E-state index contributed by atoms with van der Waals surface area (Å²) in [5.41, 5.74) is 0. The van der Waals surface area contributed by atoms with Crippen LogP contribution < -0.4 is 9.86 Å². The van der Waals surface area contributed by atoms with Gasteiger partial charge in [-0.1, -0.05) is 19.8 Å². The molecular weight excluding hydrogens is 152 g/mol. The van der Waals surface area contributed by atoms with Gasteiger partial charge >= 0.3 is 0 Å². The number of nitrogens with two attached hydrogens (primary N) is 1. The van der Waals surface area contributed by atoms with Gasteiger partial charge in [0.15, 0.2) is 0 Å². The van der Waals surface area contributed by atoms with Gasteiger partial charge in [0.05, 0.1) is 0 Å². The lowest BCUT2D eigenvalue weighted by molar-refractivity contribution is 0.575. The summed E-state index contributed by atoms with van der Waals surface area (Å²) in [6, 6.07) is 0. The minimum absolute atomic E-state index is 0.326. The van der Waals surface area contributed by atoms with Crippen LogP contribution in [0.25, 0.3) is 0 Å². The van der Waals surface area contributed by atoms with Gasteiger partial charge in [-0.2, -0.15) is 8.42 Å². The van der Waals surface area contributed by atoms with E-state index >= 15 is 0 Å². The largest absolute Gasteiger partial charge is 0.290 e. The molecule has 5 heteroatoms. The van der Waals surface area contributed by atoms with Gasteiger partial charge in [0.25, 0.3) is 10.2 Å². The van der Waals surface area contributed by atoms with Crippen molar-refractivity contribution in [1.29, 1.82) is 0 Å². The Hall–Kier alpha value is -0.130. The van der Waals surface area contributed by atoms with Crippen molar-refractivity contribution >= 4 is 10.2 Å². The highest BCUT2D eigenvalue weighted by atomic mass is 32.2. The van der Waals surface area contributed by atoms with Crippen LogP contribution in [0.1, 0.15) is 26.2 Å². The van der Waals surface area contributed by atoms with Crippen molar-refractivity contribution in [2.24, 2.45) is 5.14 Å². The van der Waals surface area contributed by atoms with E-state index < -0.39 is 10.2 Å². The summed E-state index contributed by atoms with van der Waals surface area (Å²) in [4.78, 5) is 0. The second-order valence-corrected chi connectivity index (χ2v) is 3.36. The molecule has 0 aromatic heterocycles. The Kier molecular flexibility index (Phi) is 4.59. The molecule has 0 aliphatic carbocycles. The smallest absolute Gasteiger partial charge is 0.214 e. The molecule has 0 saturated heterocycles. The van der Waals surface area contributed by atoms with E-state index in [0.29, 0.717) is 6.54 Å². The van der Waals surface area contributed by atoms with Gasteiger partial charge in [0.1, 0.15) is 0 Å². The van der Waals surface area contributed by atoms with Crippen LogP contribution in [0.5, 0.6) is 0 Å². The average molecular weight is 165 g/mol. The van der Waals surface area contributed by atoms with Crippen molar-refractivity contribution < 1.29 is 8.42 Å². The fourth-order valence-electron chi connectivity index (χ4n) is 0.554. The third-order valence-corrected chi connectivity index (χ3v) is 1.58. The molecular formula is C5H13N2O2S. The molecule has 0 saturated carbocycles. The first-order valence-electron chi connectivity index (χ1n) is 3.27. The summed E-state index contributed by atoms with van der Waals surface area (Å²) < 4.78 is 23.7. The van der Waals surface area contributed by atoms with Gasteiger partial charge in [-0.05, 0) is 6.42 Å². The predicted molar refractivity (Wildman–Crippen MR) is 39.6 cm³/mol. The van der Waals surface area contributed by atoms with Crippen LogP contribution in [0.3, 0.4) is 0 Å². The van der Waals surface area contributed by atoms with Crippen LogP contribution >= 0.6 is 0 Å². The molecule has 0 aromatic rings. The Labute approximate surface area is 62.0 Å². The summed E-state index contributed by atoms with van der Waals surface area (Å²) in [6.45, 7) is 2.36. The van der Waals surface area contributed by atoms with Gasteiger partial charge in [0, 0.05) is 6.54 Å². The highest BCUT2D eigenvalue weighted by molar-refractivity contribution is 7.87. The van der Waals surface area contributed by atoms with Crippen LogP contribution in [-0.4, -0.2) is 15.0 Å². The third kappa shape index (κ3) is 7.87. The van der Waals surface area contributed by atoms with Crippen LogP contribution in [0, 0.1) is 0 Å². The standard InChI is InChI=1S/C5H13N2O2S/c1-2-3-4-5-7-10(6,8)9/h2-5H2,1H3,(H2,6,8,9). The van der Waals surface area contributed by atoms with Crippen LogP contribution in [0.4, 0.5) is 0 Å². The molecule has 10 heavy (non-hydrogen) atoms. The maximum atomic E-state index is 10.2. The highest BCUT2D eigenvalue weighted by Gasteiger charge is 2.00. The molecule has 0 rings (SSSR count). The zero-order chi connectivity index (χ0) is 8.04. The van der Waals surface area contributed by atoms with Crippen molar-refractivity contribution in [3.8, 4) is 0 Å². The van der Waals surface area contributed by atoms with Gasteiger partial charge in [0.2, 0.25) is 0 Å². The van der Waals surface area contributed by atoms with Crippen molar-refractivity contribution in [1.82, 2.24) is 4.72 Å². The normalized spacial score (nSPS) is 11.8. The predicted octanol–water partition coefficient (Wildman–Crippen LogP) is -0.0155. The molecule has 0 spiro atoms. The monoisotopic (exact) mass is 165 g/mol. The van der Waals surface area contributed by atoms with E-state index in [1.807, 2.05) is 6.92 Å². The van der Waals surface area contributed by atoms with Gasteiger partial charge in [-0.25, -0.2) is 5.14 Å². The maximum absolute atomic E-state index is 10.2. The quantitative estimate of drug-likeness (QED) is 0.581. The van der Waals surface area contributed by atoms with Crippen LogP contribution in [-0.2, 0) is 10.2 Å². The number of nitrogens with zero attached hydrogens (tertiary/aromatic N) is 1. The number of unbranched alkanes of at least 4 members (excludes halogenated alkanes) is 2. The van der Waals surface area contributed by atoms with Crippen molar-refractivity contribution in [3.63, 3.8) is 0 Å². The molecule has 1 radical (unpaired) electrons. The number of hydrogen-bond acceptors (Lipinski definition) is 2. The Morgan fingerprint density at radius 3 is 2.40 bits per heavy atom. The lowest BCUT2D eigenvalue weighted by atomic mass is 10.3. The van der Waals surface area contributed by atoms with Gasteiger partial charge < -0.3 is 0 Å². The van der Waals surface area contributed by atoms with E-state index in [4.69, 9.17) is 0 Å². The third-order valence-electron chi connectivity index (χ3n) is 1.03. The first kappa shape index (κ1) is 9.87. The molecule has 0 unspecified atom stereocenters. The fraction of sp³-hybridized carbons (Fsp3) is 1.00. The molecule has 61 valence electrons. The van der Waals surface area contributed by atoms with E-state index in [1.54, 1.807) is 0 Å². The van der Waals surface area contributed by atoms with Crippen LogP contribution in [0.2, 0.25) is 0 Å². The summed E-state index contributed by atoms with van der Waals surface area (Å²) in [5.74, 6) is 0.